The van der Waals surface area contributed by atoms with Gasteiger partial charge >= 0.3 is 0 Å². The molecule has 94 valence electrons. The monoisotopic (exact) mass is 250 g/mol. The number of carbonyl (C=O) groups is 1. The van der Waals surface area contributed by atoms with Crippen molar-refractivity contribution < 1.29 is 4.79 Å². The van der Waals surface area contributed by atoms with Crippen molar-refractivity contribution in [3.63, 3.8) is 0 Å². The summed E-state index contributed by atoms with van der Waals surface area (Å²) in [6.07, 6.45) is 3.53. The van der Waals surface area contributed by atoms with Gasteiger partial charge in [0.2, 0.25) is 0 Å². The van der Waals surface area contributed by atoms with Crippen molar-refractivity contribution in [1.82, 2.24) is 10.3 Å². The van der Waals surface area contributed by atoms with E-state index in [9.17, 15) is 4.79 Å². The van der Waals surface area contributed by atoms with Gasteiger partial charge in [-0.3, -0.25) is 9.78 Å². The zero-order valence-corrected chi connectivity index (χ0v) is 10.7. The molecule has 3 heteroatoms. The molecule has 1 heterocycles. The van der Waals surface area contributed by atoms with E-state index in [0.29, 0.717) is 6.54 Å². The van der Waals surface area contributed by atoms with Crippen molar-refractivity contribution in [2.75, 3.05) is 0 Å². The summed E-state index contributed by atoms with van der Waals surface area (Å²) in [6, 6.07) is 12.0. The molecule has 1 N–H and O–H groups in total. The topological polar surface area (TPSA) is 42.0 Å². The lowest BCUT2D eigenvalue weighted by molar-refractivity contribution is -0.115. The van der Waals surface area contributed by atoms with Gasteiger partial charge in [0.1, 0.15) is 0 Å². The quantitative estimate of drug-likeness (QED) is 0.850. The molecule has 0 saturated carbocycles. The Bertz CT molecular complexity index is 624. The van der Waals surface area contributed by atoms with Crippen LogP contribution in [0.15, 0.2) is 48.8 Å². The minimum absolute atomic E-state index is 0.253. The summed E-state index contributed by atoms with van der Waals surface area (Å²) < 4.78 is 0. The maximum Gasteiger partial charge on any atom is 0.296 e. The summed E-state index contributed by atoms with van der Waals surface area (Å²) in [7, 11) is 0. The highest BCUT2D eigenvalue weighted by molar-refractivity contribution is 5.93. The Labute approximate surface area is 112 Å². The molecule has 0 aliphatic rings. The highest BCUT2D eigenvalue weighted by atomic mass is 16.1. The Kier molecular flexibility index (Phi) is 4.30. The van der Waals surface area contributed by atoms with Gasteiger partial charge in [-0.15, -0.1) is 0 Å². The van der Waals surface area contributed by atoms with Crippen LogP contribution in [0.1, 0.15) is 12.5 Å². The lowest BCUT2D eigenvalue weighted by atomic mass is 10.0. The first-order valence-corrected chi connectivity index (χ1v) is 5.99. The minimum atomic E-state index is -0.253. The second kappa shape index (κ2) is 6.36. The first-order chi connectivity index (χ1) is 9.29. The van der Waals surface area contributed by atoms with Gasteiger partial charge < -0.3 is 5.32 Å². The Hall–Kier alpha value is -2.60. The Morgan fingerprint density at radius 2 is 2.00 bits per heavy atom. The molecular formula is C16H14N2O. The Balaban J connectivity index is 2.11. The smallest absolute Gasteiger partial charge is 0.296 e. The van der Waals surface area contributed by atoms with Crippen LogP contribution in [0, 0.1) is 11.8 Å². The summed E-state index contributed by atoms with van der Waals surface area (Å²) in [6.45, 7) is 2.12. The molecule has 0 aliphatic carbocycles. The number of aromatic nitrogens is 1. The second-order valence-electron chi connectivity index (χ2n) is 3.99. The zero-order chi connectivity index (χ0) is 13.5. The first kappa shape index (κ1) is 12.8. The normalized spacial score (nSPS) is 9.32. The lowest BCUT2D eigenvalue weighted by Crippen LogP contribution is -2.20. The molecule has 19 heavy (non-hydrogen) atoms. The fourth-order valence-electron chi connectivity index (χ4n) is 1.75. The molecule has 0 fully saturated rings. The fraction of sp³-hybridized carbons (Fsp3) is 0.125. The van der Waals surface area contributed by atoms with E-state index in [1.165, 1.54) is 0 Å². The maximum atomic E-state index is 11.3. The van der Waals surface area contributed by atoms with E-state index < -0.39 is 0 Å². The summed E-state index contributed by atoms with van der Waals surface area (Å²) >= 11 is 0. The van der Waals surface area contributed by atoms with Crippen LogP contribution in [0.3, 0.4) is 0 Å². The van der Waals surface area contributed by atoms with E-state index in [1.807, 2.05) is 30.3 Å². The van der Waals surface area contributed by atoms with Crippen LogP contribution in [-0.2, 0) is 11.3 Å². The van der Waals surface area contributed by atoms with Gasteiger partial charge in [0.15, 0.2) is 0 Å². The van der Waals surface area contributed by atoms with Crippen molar-refractivity contribution in [3.8, 4) is 23.0 Å². The SMILES string of the molecule is CC#CC(=O)NCc1cccc(-c2ccncc2)c1. The average molecular weight is 250 g/mol. The third-order valence-electron chi connectivity index (χ3n) is 2.63. The van der Waals surface area contributed by atoms with Gasteiger partial charge in [0.25, 0.3) is 5.91 Å². The van der Waals surface area contributed by atoms with Crippen molar-refractivity contribution in [2.24, 2.45) is 0 Å². The molecule has 0 bridgehead atoms. The van der Waals surface area contributed by atoms with Crippen molar-refractivity contribution in [1.29, 1.82) is 0 Å². The van der Waals surface area contributed by atoms with Gasteiger partial charge in [-0.2, -0.15) is 0 Å². The standard InChI is InChI=1S/C16H14N2O/c1-2-4-16(19)18-12-13-5-3-6-15(11-13)14-7-9-17-10-8-14/h3,5-11H,12H2,1H3,(H,18,19). The van der Waals surface area contributed by atoms with E-state index in [2.05, 4.69) is 28.2 Å². The highest BCUT2D eigenvalue weighted by Gasteiger charge is 2.00. The van der Waals surface area contributed by atoms with Crippen molar-refractivity contribution in [3.05, 3.63) is 54.4 Å². The molecule has 0 unspecified atom stereocenters. The van der Waals surface area contributed by atoms with E-state index in [1.54, 1.807) is 19.3 Å². The van der Waals surface area contributed by atoms with Gasteiger partial charge in [-0.1, -0.05) is 24.1 Å². The second-order valence-corrected chi connectivity index (χ2v) is 3.99. The number of hydrogen-bond donors (Lipinski definition) is 1. The van der Waals surface area contributed by atoms with Crippen LogP contribution >= 0.6 is 0 Å². The summed E-state index contributed by atoms with van der Waals surface area (Å²) in [5.74, 6) is 4.77. The molecule has 3 nitrogen and oxygen atoms in total. The van der Waals surface area contributed by atoms with Crippen LogP contribution in [-0.4, -0.2) is 10.9 Å². The molecule has 1 aromatic heterocycles. The zero-order valence-electron chi connectivity index (χ0n) is 10.7. The number of carbonyl (C=O) groups excluding carboxylic acids is 1. The van der Waals surface area contributed by atoms with Gasteiger partial charge in [-0.05, 0) is 47.7 Å². The largest absolute Gasteiger partial charge is 0.341 e. The van der Waals surface area contributed by atoms with Gasteiger partial charge in [0.05, 0.1) is 0 Å². The Morgan fingerprint density at radius 3 is 2.74 bits per heavy atom. The highest BCUT2D eigenvalue weighted by Crippen LogP contribution is 2.19. The average Bonchev–Trinajstić information content (AvgIpc) is 2.47. The summed E-state index contributed by atoms with van der Waals surface area (Å²) in [5, 5.41) is 2.75. The molecular weight excluding hydrogens is 236 g/mol. The molecule has 0 atom stereocenters. The van der Waals surface area contributed by atoms with Crippen LogP contribution in [0.5, 0.6) is 0 Å². The summed E-state index contributed by atoms with van der Waals surface area (Å²) in [5.41, 5.74) is 3.26. The number of hydrogen-bond acceptors (Lipinski definition) is 2. The predicted molar refractivity (Wildman–Crippen MR) is 75.0 cm³/mol. The van der Waals surface area contributed by atoms with E-state index in [-0.39, 0.29) is 5.91 Å². The van der Waals surface area contributed by atoms with Crippen molar-refractivity contribution >= 4 is 5.91 Å². The minimum Gasteiger partial charge on any atom is -0.341 e. The van der Waals surface area contributed by atoms with Gasteiger partial charge in [-0.25, -0.2) is 0 Å². The first-order valence-electron chi connectivity index (χ1n) is 5.99. The number of amides is 1. The van der Waals surface area contributed by atoms with Crippen LogP contribution in [0.4, 0.5) is 0 Å². The Morgan fingerprint density at radius 1 is 1.21 bits per heavy atom. The molecule has 0 spiro atoms. The fourth-order valence-corrected chi connectivity index (χ4v) is 1.75. The van der Waals surface area contributed by atoms with E-state index in [4.69, 9.17) is 0 Å². The molecule has 0 radical (unpaired) electrons. The molecule has 1 aromatic carbocycles. The number of rotatable bonds is 3. The lowest BCUT2D eigenvalue weighted by Gasteiger charge is -2.05. The summed E-state index contributed by atoms with van der Waals surface area (Å²) in [4.78, 5) is 15.3. The third kappa shape index (κ3) is 3.68. The molecule has 1 amide bonds. The molecule has 0 aliphatic heterocycles. The number of pyridine rings is 1. The molecule has 2 rings (SSSR count). The van der Waals surface area contributed by atoms with Crippen LogP contribution in [0.25, 0.3) is 11.1 Å². The van der Waals surface area contributed by atoms with E-state index in [0.717, 1.165) is 16.7 Å². The maximum absolute atomic E-state index is 11.3. The number of nitrogens with one attached hydrogen (secondary N) is 1. The van der Waals surface area contributed by atoms with Gasteiger partial charge in [0, 0.05) is 18.9 Å². The number of benzene rings is 1. The van der Waals surface area contributed by atoms with Crippen molar-refractivity contribution in [2.45, 2.75) is 13.5 Å². The molecule has 2 aromatic rings. The predicted octanol–water partition coefficient (Wildman–Crippen LogP) is 2.39. The number of nitrogens with zero attached hydrogens (tertiary/aromatic N) is 1. The van der Waals surface area contributed by atoms with Crippen LogP contribution < -0.4 is 5.32 Å². The molecule has 0 saturated heterocycles. The third-order valence-corrected chi connectivity index (χ3v) is 2.63. The van der Waals surface area contributed by atoms with E-state index >= 15 is 0 Å². The van der Waals surface area contributed by atoms with Crippen LogP contribution in [0.2, 0.25) is 0 Å².